The molecule has 1 aromatic carbocycles. The number of aromatic nitrogens is 3. The third kappa shape index (κ3) is 5.34. The Labute approximate surface area is 198 Å². The standard InChI is InChI=1S/C24H29N7O3/c1-29(2)13-16-6-4-5-7-21(16)34-24(33)31-9-8-19(15-31)28-23(32)20-10-17(11-26-22(20)25)18-12-27-30(3)14-18/h4-7,10-12,14,19H,8-9,13,15H2,1-3H3,(H2,25,26)(H,28,32)/t19-/m1/s1. The van der Waals surface area contributed by atoms with Crippen LogP contribution in [0.4, 0.5) is 10.6 Å². The van der Waals surface area contributed by atoms with Crippen molar-refractivity contribution < 1.29 is 14.3 Å². The van der Waals surface area contributed by atoms with E-state index in [4.69, 9.17) is 10.5 Å². The average Bonchev–Trinajstić information content (AvgIpc) is 3.44. The molecular formula is C24H29N7O3. The summed E-state index contributed by atoms with van der Waals surface area (Å²) in [6.45, 7) is 1.51. The van der Waals surface area contributed by atoms with Crippen LogP contribution < -0.4 is 15.8 Å². The summed E-state index contributed by atoms with van der Waals surface area (Å²) in [5.74, 6) is 0.365. The normalized spacial score (nSPS) is 15.5. The van der Waals surface area contributed by atoms with Crippen molar-refractivity contribution in [1.29, 1.82) is 0 Å². The van der Waals surface area contributed by atoms with Gasteiger partial charge in [0.2, 0.25) is 0 Å². The molecule has 1 aliphatic rings. The van der Waals surface area contributed by atoms with Gasteiger partial charge in [-0.05, 0) is 32.6 Å². The monoisotopic (exact) mass is 463 g/mol. The zero-order valence-electron chi connectivity index (χ0n) is 19.6. The van der Waals surface area contributed by atoms with E-state index in [2.05, 4.69) is 15.4 Å². The molecule has 1 aliphatic heterocycles. The van der Waals surface area contributed by atoms with Gasteiger partial charge in [0, 0.05) is 61.8 Å². The van der Waals surface area contributed by atoms with Gasteiger partial charge in [-0.2, -0.15) is 5.10 Å². The second-order valence-corrected chi connectivity index (χ2v) is 8.68. The third-order valence-corrected chi connectivity index (χ3v) is 5.64. The van der Waals surface area contributed by atoms with E-state index in [1.54, 1.807) is 34.1 Å². The van der Waals surface area contributed by atoms with Gasteiger partial charge in [0.05, 0.1) is 11.8 Å². The van der Waals surface area contributed by atoms with Crippen molar-refractivity contribution in [1.82, 2.24) is 29.9 Å². The van der Waals surface area contributed by atoms with Crippen LogP contribution in [0.3, 0.4) is 0 Å². The maximum atomic E-state index is 12.9. The Kier molecular flexibility index (Phi) is 6.78. The smallest absolute Gasteiger partial charge is 0.410 e. The number of pyridine rings is 1. The van der Waals surface area contributed by atoms with Crippen LogP contribution in [0.5, 0.6) is 5.75 Å². The highest BCUT2D eigenvalue weighted by atomic mass is 16.6. The lowest BCUT2D eigenvalue weighted by Crippen LogP contribution is -2.39. The number of nitrogens with one attached hydrogen (secondary N) is 1. The molecule has 1 atom stereocenters. The molecular weight excluding hydrogens is 434 g/mol. The summed E-state index contributed by atoms with van der Waals surface area (Å²) in [5.41, 5.74) is 8.79. The molecule has 10 nitrogen and oxygen atoms in total. The van der Waals surface area contributed by atoms with Crippen LogP contribution in [-0.2, 0) is 13.6 Å². The Bertz CT molecular complexity index is 1190. The number of rotatable bonds is 6. The molecule has 0 aliphatic carbocycles. The first kappa shape index (κ1) is 23.2. The number of hydrogen-bond acceptors (Lipinski definition) is 7. The van der Waals surface area contributed by atoms with Crippen molar-refractivity contribution in [2.75, 3.05) is 32.9 Å². The number of benzene rings is 1. The van der Waals surface area contributed by atoms with Gasteiger partial charge < -0.3 is 25.6 Å². The molecule has 3 aromatic rings. The van der Waals surface area contributed by atoms with Crippen LogP contribution in [0.25, 0.3) is 11.1 Å². The van der Waals surface area contributed by atoms with Crippen LogP contribution in [-0.4, -0.2) is 69.8 Å². The number of amides is 2. The SMILES string of the molecule is CN(C)Cc1ccccc1OC(=O)N1CC[C@@H](NC(=O)c2cc(-c3cnn(C)c3)cnc2N)C1. The fraction of sp³-hybridized carbons (Fsp3) is 0.333. The quantitative estimate of drug-likeness (QED) is 0.575. The number of nitrogens with zero attached hydrogens (tertiary/aromatic N) is 5. The van der Waals surface area contributed by atoms with E-state index in [1.807, 2.05) is 50.4 Å². The maximum absolute atomic E-state index is 12.9. The molecule has 0 unspecified atom stereocenters. The van der Waals surface area contributed by atoms with Gasteiger partial charge in [0.25, 0.3) is 5.91 Å². The van der Waals surface area contributed by atoms with E-state index < -0.39 is 6.09 Å². The summed E-state index contributed by atoms with van der Waals surface area (Å²) in [6.07, 6.45) is 5.35. The summed E-state index contributed by atoms with van der Waals surface area (Å²) in [5, 5.41) is 7.12. The number of nitrogens with two attached hydrogens (primary N) is 1. The van der Waals surface area contributed by atoms with E-state index in [0.29, 0.717) is 37.4 Å². The topological polar surface area (TPSA) is 119 Å². The fourth-order valence-corrected chi connectivity index (χ4v) is 3.93. The maximum Gasteiger partial charge on any atom is 0.415 e. The molecule has 3 N–H and O–H groups in total. The van der Waals surface area contributed by atoms with E-state index in [1.165, 1.54) is 0 Å². The first-order valence-corrected chi connectivity index (χ1v) is 11.0. The first-order chi connectivity index (χ1) is 16.3. The highest BCUT2D eigenvalue weighted by Crippen LogP contribution is 2.23. The zero-order valence-corrected chi connectivity index (χ0v) is 19.6. The Hall–Kier alpha value is -3.92. The van der Waals surface area contributed by atoms with E-state index in [0.717, 1.165) is 16.7 Å². The molecule has 3 heterocycles. The van der Waals surface area contributed by atoms with Crippen LogP contribution in [0.1, 0.15) is 22.3 Å². The van der Waals surface area contributed by atoms with Crippen molar-refractivity contribution in [3.05, 3.63) is 60.0 Å². The number of likely N-dealkylation sites (tertiary alicyclic amines) is 1. The Balaban J connectivity index is 1.38. The lowest BCUT2D eigenvalue weighted by molar-refractivity contribution is 0.0937. The van der Waals surface area contributed by atoms with E-state index in [-0.39, 0.29) is 17.8 Å². The lowest BCUT2D eigenvalue weighted by atomic mass is 10.1. The summed E-state index contributed by atoms with van der Waals surface area (Å²) >= 11 is 0. The number of ether oxygens (including phenoxy) is 1. The number of carbonyl (C=O) groups is 2. The Morgan fingerprint density at radius 2 is 2.03 bits per heavy atom. The molecule has 178 valence electrons. The molecule has 2 amide bonds. The van der Waals surface area contributed by atoms with Crippen molar-refractivity contribution >= 4 is 17.8 Å². The molecule has 34 heavy (non-hydrogen) atoms. The lowest BCUT2D eigenvalue weighted by Gasteiger charge is -2.19. The second-order valence-electron chi connectivity index (χ2n) is 8.68. The number of carbonyl (C=O) groups excluding carboxylic acids is 2. The number of para-hydroxylation sites is 1. The number of nitrogen functional groups attached to an aromatic ring is 1. The van der Waals surface area contributed by atoms with Crippen molar-refractivity contribution in [2.24, 2.45) is 7.05 Å². The van der Waals surface area contributed by atoms with Crippen molar-refractivity contribution in [3.63, 3.8) is 0 Å². The van der Waals surface area contributed by atoms with Crippen LogP contribution >= 0.6 is 0 Å². The molecule has 1 saturated heterocycles. The minimum Gasteiger partial charge on any atom is -0.410 e. The van der Waals surface area contributed by atoms with Crippen LogP contribution in [0.2, 0.25) is 0 Å². The van der Waals surface area contributed by atoms with E-state index in [9.17, 15) is 9.59 Å². The highest BCUT2D eigenvalue weighted by molar-refractivity contribution is 5.99. The second kappa shape index (κ2) is 9.92. The molecule has 0 saturated carbocycles. The van der Waals surface area contributed by atoms with Gasteiger partial charge in [-0.3, -0.25) is 9.48 Å². The third-order valence-electron chi connectivity index (χ3n) is 5.64. The predicted octanol–water partition coefficient (Wildman–Crippen LogP) is 2.13. The summed E-state index contributed by atoms with van der Waals surface area (Å²) in [4.78, 5) is 33.5. The van der Waals surface area contributed by atoms with Crippen LogP contribution in [0, 0.1) is 0 Å². The first-order valence-electron chi connectivity index (χ1n) is 11.0. The Morgan fingerprint density at radius 1 is 1.24 bits per heavy atom. The van der Waals surface area contributed by atoms with Gasteiger partial charge in [-0.1, -0.05) is 18.2 Å². The van der Waals surface area contributed by atoms with Gasteiger partial charge in [-0.15, -0.1) is 0 Å². The average molecular weight is 464 g/mol. The number of anilines is 1. The zero-order chi connectivity index (χ0) is 24.2. The summed E-state index contributed by atoms with van der Waals surface area (Å²) in [7, 11) is 5.74. The van der Waals surface area contributed by atoms with Crippen LogP contribution in [0.15, 0.2) is 48.9 Å². The number of aryl methyl sites for hydroxylation is 1. The minimum atomic E-state index is -0.428. The molecule has 2 aromatic heterocycles. The van der Waals surface area contributed by atoms with Gasteiger partial charge in [0.1, 0.15) is 11.6 Å². The van der Waals surface area contributed by atoms with Gasteiger partial charge in [0.15, 0.2) is 0 Å². The predicted molar refractivity (Wildman–Crippen MR) is 128 cm³/mol. The molecule has 0 bridgehead atoms. The van der Waals surface area contributed by atoms with E-state index >= 15 is 0 Å². The largest absolute Gasteiger partial charge is 0.415 e. The number of hydrogen-bond donors (Lipinski definition) is 2. The fourth-order valence-electron chi connectivity index (χ4n) is 3.93. The van der Waals surface area contributed by atoms with Crippen molar-refractivity contribution in [2.45, 2.75) is 19.0 Å². The van der Waals surface area contributed by atoms with Gasteiger partial charge >= 0.3 is 6.09 Å². The molecule has 10 heteroatoms. The summed E-state index contributed by atoms with van der Waals surface area (Å²) < 4.78 is 7.34. The molecule has 0 radical (unpaired) electrons. The van der Waals surface area contributed by atoms with Gasteiger partial charge in [-0.25, -0.2) is 9.78 Å². The molecule has 1 fully saturated rings. The molecule has 0 spiro atoms. The Morgan fingerprint density at radius 3 is 2.76 bits per heavy atom. The summed E-state index contributed by atoms with van der Waals surface area (Å²) in [6, 6.07) is 8.98. The van der Waals surface area contributed by atoms with Crippen molar-refractivity contribution in [3.8, 4) is 16.9 Å². The minimum absolute atomic E-state index is 0.150. The highest BCUT2D eigenvalue weighted by Gasteiger charge is 2.29. The molecule has 4 rings (SSSR count).